The van der Waals surface area contributed by atoms with Gasteiger partial charge in [-0.1, -0.05) is 12.8 Å². The van der Waals surface area contributed by atoms with Crippen molar-refractivity contribution in [3.05, 3.63) is 41.3 Å². The number of rotatable bonds is 8. The number of hydrogen-bond donors (Lipinski definition) is 1. The van der Waals surface area contributed by atoms with Gasteiger partial charge in [-0.2, -0.15) is 0 Å². The Morgan fingerprint density at radius 2 is 1.90 bits per heavy atom. The van der Waals surface area contributed by atoms with Gasteiger partial charge in [0.1, 0.15) is 5.75 Å². The van der Waals surface area contributed by atoms with Crippen molar-refractivity contribution >= 4 is 5.91 Å². The molecule has 6 heteroatoms. The van der Waals surface area contributed by atoms with Crippen molar-refractivity contribution in [2.75, 3.05) is 19.7 Å². The Morgan fingerprint density at radius 1 is 1.17 bits per heavy atom. The summed E-state index contributed by atoms with van der Waals surface area (Å²) in [6, 6.07) is 9.20. The van der Waals surface area contributed by atoms with E-state index in [4.69, 9.17) is 15.2 Å². The van der Waals surface area contributed by atoms with E-state index in [9.17, 15) is 4.79 Å². The second-order valence-corrected chi connectivity index (χ2v) is 8.89. The SMILES string of the molecule is CC1=C(C(N)=O)OC(c2ccc(OCCCN3CCCC3C)cc2)N1C1CCCC1. The second-order valence-electron chi connectivity index (χ2n) is 8.89. The summed E-state index contributed by atoms with van der Waals surface area (Å²) >= 11 is 0. The van der Waals surface area contributed by atoms with Gasteiger partial charge in [0.05, 0.1) is 12.3 Å². The molecule has 2 aliphatic heterocycles. The van der Waals surface area contributed by atoms with Crippen LogP contribution in [0.1, 0.15) is 70.6 Å². The van der Waals surface area contributed by atoms with Crippen LogP contribution in [0.25, 0.3) is 0 Å². The summed E-state index contributed by atoms with van der Waals surface area (Å²) in [7, 11) is 0. The van der Waals surface area contributed by atoms with Crippen LogP contribution < -0.4 is 10.5 Å². The largest absolute Gasteiger partial charge is 0.494 e. The maximum absolute atomic E-state index is 11.9. The quantitative estimate of drug-likeness (QED) is 0.654. The van der Waals surface area contributed by atoms with Crippen LogP contribution in [0.3, 0.4) is 0 Å². The number of allylic oxidation sites excluding steroid dienone is 1. The number of carbonyl (C=O) groups excluding carboxylic acids is 1. The van der Waals surface area contributed by atoms with Gasteiger partial charge in [0.15, 0.2) is 6.23 Å². The molecule has 2 heterocycles. The fourth-order valence-corrected chi connectivity index (χ4v) is 5.17. The number of ether oxygens (including phenoxy) is 2. The lowest BCUT2D eigenvalue weighted by molar-refractivity contribution is -0.119. The number of nitrogens with two attached hydrogens (primary N) is 1. The fourth-order valence-electron chi connectivity index (χ4n) is 5.17. The van der Waals surface area contributed by atoms with Crippen molar-refractivity contribution in [3.63, 3.8) is 0 Å². The van der Waals surface area contributed by atoms with Crippen molar-refractivity contribution in [2.24, 2.45) is 5.73 Å². The van der Waals surface area contributed by atoms with Gasteiger partial charge in [-0.05, 0) is 76.8 Å². The number of hydrogen-bond acceptors (Lipinski definition) is 5. The summed E-state index contributed by atoms with van der Waals surface area (Å²) < 4.78 is 12.0. The van der Waals surface area contributed by atoms with E-state index in [-0.39, 0.29) is 6.23 Å². The highest BCUT2D eigenvalue weighted by Crippen LogP contribution is 2.42. The van der Waals surface area contributed by atoms with Gasteiger partial charge in [-0.25, -0.2) is 0 Å². The molecule has 2 unspecified atom stereocenters. The van der Waals surface area contributed by atoms with Crippen LogP contribution in [-0.2, 0) is 9.53 Å². The van der Waals surface area contributed by atoms with Crippen molar-refractivity contribution in [1.29, 1.82) is 0 Å². The first-order valence-electron chi connectivity index (χ1n) is 11.5. The molecule has 1 aliphatic carbocycles. The maximum Gasteiger partial charge on any atom is 0.285 e. The van der Waals surface area contributed by atoms with E-state index in [1.165, 1.54) is 32.2 Å². The van der Waals surface area contributed by atoms with Gasteiger partial charge in [0, 0.05) is 24.2 Å². The topological polar surface area (TPSA) is 68.0 Å². The summed E-state index contributed by atoms with van der Waals surface area (Å²) in [5, 5.41) is 0. The van der Waals surface area contributed by atoms with Crippen LogP contribution in [0.5, 0.6) is 5.75 Å². The van der Waals surface area contributed by atoms with E-state index in [1.54, 1.807) is 0 Å². The average Bonchev–Trinajstić information content (AvgIpc) is 3.46. The molecule has 1 aromatic carbocycles. The summed E-state index contributed by atoms with van der Waals surface area (Å²) in [5.41, 5.74) is 7.44. The third-order valence-electron chi connectivity index (χ3n) is 6.85. The summed E-state index contributed by atoms with van der Waals surface area (Å²) in [5.74, 6) is 0.673. The van der Waals surface area contributed by atoms with E-state index in [0.717, 1.165) is 49.4 Å². The maximum atomic E-state index is 11.9. The standard InChI is InChI=1S/C24H35N3O3/c1-17-7-5-14-26(17)15-6-16-29-21-12-10-19(11-13-21)24-27(20-8-3-4-9-20)18(2)22(30-24)23(25)28/h10-13,17,20,24H,3-9,14-16H2,1-2H3,(H2,25,28). The van der Waals surface area contributed by atoms with Gasteiger partial charge >= 0.3 is 0 Å². The van der Waals surface area contributed by atoms with Crippen molar-refractivity contribution in [3.8, 4) is 5.75 Å². The molecule has 6 nitrogen and oxygen atoms in total. The molecule has 0 bridgehead atoms. The molecule has 1 saturated heterocycles. The van der Waals surface area contributed by atoms with E-state index in [0.29, 0.717) is 17.8 Å². The summed E-state index contributed by atoms with van der Waals surface area (Å²) in [6.07, 6.45) is 8.07. The van der Waals surface area contributed by atoms with Crippen LogP contribution in [0, 0.1) is 0 Å². The lowest BCUT2D eigenvalue weighted by Gasteiger charge is -2.32. The van der Waals surface area contributed by atoms with Crippen LogP contribution in [-0.4, -0.2) is 47.5 Å². The molecule has 3 aliphatic rings. The minimum Gasteiger partial charge on any atom is -0.494 e. The Labute approximate surface area is 180 Å². The number of amides is 1. The molecule has 4 rings (SSSR count). The molecule has 1 amide bonds. The lowest BCUT2D eigenvalue weighted by atomic mass is 10.1. The first-order valence-corrected chi connectivity index (χ1v) is 11.5. The normalized spacial score (nSPS) is 25.2. The first-order chi connectivity index (χ1) is 14.5. The second kappa shape index (κ2) is 9.29. The Morgan fingerprint density at radius 3 is 2.53 bits per heavy atom. The van der Waals surface area contributed by atoms with Crippen molar-refractivity contribution in [1.82, 2.24) is 9.80 Å². The third-order valence-corrected chi connectivity index (χ3v) is 6.85. The monoisotopic (exact) mass is 413 g/mol. The number of likely N-dealkylation sites (tertiary alicyclic amines) is 1. The van der Waals surface area contributed by atoms with Crippen molar-refractivity contribution in [2.45, 2.75) is 77.1 Å². The minimum atomic E-state index is -0.495. The van der Waals surface area contributed by atoms with E-state index >= 15 is 0 Å². The number of primary amides is 1. The Hall–Kier alpha value is -2.21. The van der Waals surface area contributed by atoms with Gasteiger partial charge < -0.3 is 25.0 Å². The highest BCUT2D eigenvalue weighted by Gasteiger charge is 2.39. The molecular formula is C24H35N3O3. The predicted molar refractivity (Wildman–Crippen MR) is 117 cm³/mol. The smallest absolute Gasteiger partial charge is 0.285 e. The highest BCUT2D eigenvalue weighted by molar-refractivity contribution is 5.91. The zero-order valence-corrected chi connectivity index (χ0v) is 18.3. The first kappa shape index (κ1) is 21.0. The molecule has 0 radical (unpaired) electrons. The molecule has 2 fully saturated rings. The Bertz CT molecular complexity index is 770. The zero-order chi connectivity index (χ0) is 21.1. The number of carbonyl (C=O) groups is 1. The molecule has 0 aromatic heterocycles. The molecule has 1 aromatic rings. The van der Waals surface area contributed by atoms with Gasteiger partial charge in [-0.15, -0.1) is 0 Å². The van der Waals surface area contributed by atoms with E-state index in [2.05, 4.69) is 16.7 Å². The molecule has 164 valence electrons. The molecule has 30 heavy (non-hydrogen) atoms. The fraction of sp³-hybridized carbons (Fsp3) is 0.625. The van der Waals surface area contributed by atoms with Crippen LogP contribution in [0.4, 0.5) is 0 Å². The average molecular weight is 414 g/mol. The van der Waals surface area contributed by atoms with Crippen LogP contribution in [0.15, 0.2) is 35.7 Å². The van der Waals surface area contributed by atoms with E-state index < -0.39 is 5.91 Å². The summed E-state index contributed by atoms with van der Waals surface area (Å²) in [6.45, 7) is 7.30. The van der Waals surface area contributed by atoms with Crippen LogP contribution >= 0.6 is 0 Å². The van der Waals surface area contributed by atoms with Gasteiger partial charge in [0.2, 0.25) is 5.76 Å². The van der Waals surface area contributed by atoms with Gasteiger partial charge in [0.25, 0.3) is 5.91 Å². The minimum absolute atomic E-state index is 0.290. The lowest BCUT2D eigenvalue weighted by Crippen LogP contribution is -2.32. The molecule has 1 saturated carbocycles. The highest BCUT2D eigenvalue weighted by atomic mass is 16.5. The predicted octanol–water partition coefficient (Wildman–Crippen LogP) is 3.93. The van der Waals surface area contributed by atoms with Gasteiger partial charge in [-0.3, -0.25) is 4.79 Å². The number of nitrogens with zero attached hydrogens (tertiary/aromatic N) is 2. The Balaban J connectivity index is 1.36. The molecule has 0 spiro atoms. The molecule has 2 N–H and O–H groups in total. The van der Waals surface area contributed by atoms with E-state index in [1.807, 2.05) is 31.2 Å². The number of benzene rings is 1. The van der Waals surface area contributed by atoms with Crippen LogP contribution in [0.2, 0.25) is 0 Å². The van der Waals surface area contributed by atoms with Crippen molar-refractivity contribution < 1.29 is 14.3 Å². The summed E-state index contributed by atoms with van der Waals surface area (Å²) in [4.78, 5) is 16.7. The Kier molecular flexibility index (Phi) is 6.52. The zero-order valence-electron chi connectivity index (χ0n) is 18.3. The molecule has 2 atom stereocenters. The molecular weight excluding hydrogens is 378 g/mol. The third kappa shape index (κ3) is 4.43.